The lowest BCUT2D eigenvalue weighted by Gasteiger charge is -2.18. The molecule has 7 heteroatoms. The Morgan fingerprint density at radius 3 is 2.96 bits per heavy atom. The van der Waals surface area contributed by atoms with Crippen molar-refractivity contribution in [2.45, 2.75) is 26.1 Å². The van der Waals surface area contributed by atoms with Gasteiger partial charge in [0.1, 0.15) is 5.82 Å². The van der Waals surface area contributed by atoms with Gasteiger partial charge in [-0.3, -0.25) is 5.10 Å². The molecule has 4 rings (SSSR count). The highest BCUT2D eigenvalue weighted by Crippen LogP contribution is 2.42. The normalized spacial score (nSPS) is 13.0. The van der Waals surface area contributed by atoms with Gasteiger partial charge in [0.15, 0.2) is 17.8 Å². The number of aromatic nitrogens is 2. The smallest absolute Gasteiger partial charge is 0.199 e. The van der Waals surface area contributed by atoms with Crippen molar-refractivity contribution >= 4 is 5.69 Å². The molecule has 1 heterocycles. The van der Waals surface area contributed by atoms with Crippen LogP contribution in [-0.4, -0.2) is 34.7 Å². The number of hydrogen-bond donors (Lipinski definition) is 3. The van der Waals surface area contributed by atoms with E-state index in [4.69, 9.17) is 9.47 Å². The van der Waals surface area contributed by atoms with Gasteiger partial charge in [-0.25, -0.2) is 4.39 Å². The maximum atomic E-state index is 13.2. The number of benzene rings is 2. The van der Waals surface area contributed by atoms with Gasteiger partial charge >= 0.3 is 0 Å². The predicted molar refractivity (Wildman–Crippen MR) is 104 cm³/mol. The average molecular weight is 383 g/mol. The SMILES string of the molecule is CCOc1cc2c(cc1OC(O)CCNc1cccc(F)c1)-c1[nH]ncc1C2. The number of aliphatic hydroxyl groups excluding tert-OH is 1. The number of hydrogen-bond acceptors (Lipinski definition) is 5. The van der Waals surface area contributed by atoms with Gasteiger partial charge in [-0.05, 0) is 42.8 Å². The summed E-state index contributed by atoms with van der Waals surface area (Å²) in [5.41, 5.74) is 4.92. The summed E-state index contributed by atoms with van der Waals surface area (Å²) in [5.74, 6) is 0.789. The van der Waals surface area contributed by atoms with Crippen LogP contribution >= 0.6 is 0 Å². The molecule has 0 aliphatic heterocycles. The topological polar surface area (TPSA) is 79.4 Å². The molecule has 3 N–H and O–H groups in total. The third-order valence-electron chi connectivity index (χ3n) is 4.65. The van der Waals surface area contributed by atoms with Crippen LogP contribution in [0, 0.1) is 5.82 Å². The molecule has 146 valence electrons. The summed E-state index contributed by atoms with van der Waals surface area (Å²) in [7, 11) is 0. The highest BCUT2D eigenvalue weighted by molar-refractivity contribution is 5.76. The van der Waals surface area contributed by atoms with Gasteiger partial charge in [0.05, 0.1) is 18.5 Å². The second-order valence-electron chi connectivity index (χ2n) is 6.63. The molecular weight excluding hydrogens is 361 g/mol. The number of rotatable bonds is 8. The van der Waals surface area contributed by atoms with Crippen molar-refractivity contribution in [3.05, 3.63) is 59.5 Å². The van der Waals surface area contributed by atoms with Gasteiger partial charge in [0, 0.05) is 36.2 Å². The molecule has 6 nitrogen and oxygen atoms in total. The van der Waals surface area contributed by atoms with E-state index in [1.165, 1.54) is 12.1 Å². The van der Waals surface area contributed by atoms with Crippen molar-refractivity contribution < 1.29 is 19.0 Å². The van der Waals surface area contributed by atoms with Crippen molar-refractivity contribution in [3.63, 3.8) is 0 Å². The van der Waals surface area contributed by atoms with Gasteiger partial charge < -0.3 is 19.9 Å². The number of H-pyrrole nitrogens is 1. The lowest BCUT2D eigenvalue weighted by atomic mass is 10.1. The fourth-order valence-electron chi connectivity index (χ4n) is 3.37. The fraction of sp³-hybridized carbons (Fsp3) is 0.286. The first kappa shape index (κ1) is 18.3. The van der Waals surface area contributed by atoms with Gasteiger partial charge in [0.25, 0.3) is 0 Å². The molecule has 28 heavy (non-hydrogen) atoms. The van der Waals surface area contributed by atoms with E-state index in [-0.39, 0.29) is 5.82 Å². The number of anilines is 1. The summed E-state index contributed by atoms with van der Waals surface area (Å²) in [4.78, 5) is 0. The summed E-state index contributed by atoms with van der Waals surface area (Å²) in [6.45, 7) is 2.84. The van der Waals surface area contributed by atoms with Crippen LogP contribution in [0.15, 0.2) is 42.6 Å². The molecule has 0 fully saturated rings. The lowest BCUT2D eigenvalue weighted by Crippen LogP contribution is -2.20. The quantitative estimate of drug-likeness (QED) is 0.404. The molecule has 1 atom stereocenters. The zero-order chi connectivity index (χ0) is 19.5. The molecule has 0 spiro atoms. The second kappa shape index (κ2) is 7.90. The molecule has 1 aromatic heterocycles. The van der Waals surface area contributed by atoms with Gasteiger partial charge in [-0.15, -0.1) is 0 Å². The Balaban J connectivity index is 1.44. The second-order valence-corrected chi connectivity index (χ2v) is 6.63. The maximum absolute atomic E-state index is 13.2. The fourth-order valence-corrected chi connectivity index (χ4v) is 3.37. The average Bonchev–Trinajstić information content (AvgIpc) is 3.24. The summed E-state index contributed by atoms with van der Waals surface area (Å²) < 4.78 is 24.7. The third-order valence-corrected chi connectivity index (χ3v) is 4.65. The first-order valence-corrected chi connectivity index (χ1v) is 9.30. The highest BCUT2D eigenvalue weighted by Gasteiger charge is 2.24. The summed E-state index contributed by atoms with van der Waals surface area (Å²) >= 11 is 0. The van der Waals surface area contributed by atoms with Crippen LogP contribution in [0.5, 0.6) is 11.5 Å². The number of aliphatic hydroxyl groups is 1. The van der Waals surface area contributed by atoms with E-state index in [0.717, 1.165) is 28.8 Å². The lowest BCUT2D eigenvalue weighted by molar-refractivity contribution is -0.0219. The third kappa shape index (κ3) is 3.80. The van der Waals surface area contributed by atoms with Gasteiger partial charge in [-0.1, -0.05) is 6.07 Å². The van der Waals surface area contributed by atoms with E-state index in [0.29, 0.717) is 36.8 Å². The Hall–Kier alpha value is -3.06. The number of nitrogens with zero attached hydrogens (tertiary/aromatic N) is 1. The molecular formula is C21H22FN3O3. The molecule has 3 aromatic rings. The molecule has 1 unspecified atom stereocenters. The van der Waals surface area contributed by atoms with Crippen LogP contribution in [0.1, 0.15) is 24.5 Å². The van der Waals surface area contributed by atoms with Crippen molar-refractivity contribution in [3.8, 4) is 22.8 Å². The standard InChI is InChI=1S/C21H22FN3O3/c1-2-27-18-9-13-8-14-12-24-25-21(14)17(13)11-19(18)28-20(26)6-7-23-16-5-3-4-15(22)10-16/h3-5,9-12,20,23,26H,2,6-8H2,1H3,(H,24,25). The van der Waals surface area contributed by atoms with Crippen molar-refractivity contribution in [2.75, 3.05) is 18.5 Å². The van der Waals surface area contributed by atoms with E-state index in [2.05, 4.69) is 15.5 Å². The zero-order valence-corrected chi connectivity index (χ0v) is 15.5. The molecule has 0 saturated carbocycles. The molecule has 0 saturated heterocycles. The monoisotopic (exact) mass is 383 g/mol. The molecule has 0 bridgehead atoms. The molecule has 2 aromatic carbocycles. The number of halogens is 1. The van der Waals surface area contributed by atoms with Crippen molar-refractivity contribution in [1.29, 1.82) is 0 Å². The molecule has 0 amide bonds. The minimum absolute atomic E-state index is 0.306. The van der Waals surface area contributed by atoms with Crippen molar-refractivity contribution in [1.82, 2.24) is 10.2 Å². The Bertz CT molecular complexity index is 973. The number of aromatic amines is 1. The Morgan fingerprint density at radius 1 is 1.25 bits per heavy atom. The minimum atomic E-state index is -1.03. The van der Waals surface area contributed by atoms with Crippen LogP contribution in [0.2, 0.25) is 0 Å². The Morgan fingerprint density at radius 2 is 2.14 bits per heavy atom. The van der Waals surface area contributed by atoms with Gasteiger partial charge in [0.2, 0.25) is 0 Å². The Kier molecular flexibility index (Phi) is 5.16. The van der Waals surface area contributed by atoms with E-state index >= 15 is 0 Å². The minimum Gasteiger partial charge on any atom is -0.490 e. The van der Waals surface area contributed by atoms with Crippen LogP contribution in [0.4, 0.5) is 10.1 Å². The van der Waals surface area contributed by atoms with E-state index in [1.807, 2.05) is 25.3 Å². The van der Waals surface area contributed by atoms with E-state index in [9.17, 15) is 9.50 Å². The highest BCUT2D eigenvalue weighted by atomic mass is 19.1. The van der Waals surface area contributed by atoms with E-state index in [1.54, 1.807) is 12.1 Å². The van der Waals surface area contributed by atoms with Crippen LogP contribution in [-0.2, 0) is 6.42 Å². The molecule has 1 aliphatic rings. The molecule has 1 aliphatic carbocycles. The van der Waals surface area contributed by atoms with Crippen LogP contribution in [0.3, 0.4) is 0 Å². The first-order chi connectivity index (χ1) is 13.6. The summed E-state index contributed by atoms with van der Waals surface area (Å²) in [5, 5.41) is 20.5. The van der Waals surface area contributed by atoms with Crippen LogP contribution < -0.4 is 14.8 Å². The molecule has 0 radical (unpaired) electrons. The first-order valence-electron chi connectivity index (χ1n) is 9.30. The van der Waals surface area contributed by atoms with Gasteiger partial charge in [-0.2, -0.15) is 5.10 Å². The zero-order valence-electron chi connectivity index (χ0n) is 15.5. The number of ether oxygens (including phenoxy) is 2. The van der Waals surface area contributed by atoms with E-state index < -0.39 is 6.29 Å². The summed E-state index contributed by atoms with van der Waals surface area (Å²) in [6, 6.07) is 10.0. The van der Waals surface area contributed by atoms with Crippen molar-refractivity contribution in [2.24, 2.45) is 0 Å². The number of fused-ring (bicyclic) bond motifs is 3. The van der Waals surface area contributed by atoms with Crippen LogP contribution in [0.25, 0.3) is 11.3 Å². The summed E-state index contributed by atoms with van der Waals surface area (Å²) in [6.07, 6.45) is 1.92. The maximum Gasteiger partial charge on any atom is 0.199 e. The predicted octanol–water partition coefficient (Wildman–Crippen LogP) is 3.72. The largest absolute Gasteiger partial charge is 0.490 e. The Labute approximate surface area is 162 Å². The number of nitrogens with one attached hydrogen (secondary N) is 2.